The van der Waals surface area contributed by atoms with Gasteiger partial charge in [0.15, 0.2) is 0 Å². The molecular weight excluding hydrogens is 428 g/mol. The lowest BCUT2D eigenvalue weighted by Crippen LogP contribution is -2.54. The molecule has 0 radical (unpaired) electrons. The molecule has 2 aromatic carbocycles. The number of fused-ring (bicyclic) bond motifs is 1. The van der Waals surface area contributed by atoms with Crippen LogP contribution in [0, 0.1) is 0 Å². The van der Waals surface area contributed by atoms with Crippen LogP contribution in [0.25, 0.3) is 0 Å². The molecule has 2 saturated heterocycles. The number of benzene rings is 2. The van der Waals surface area contributed by atoms with Crippen LogP contribution in [-0.2, 0) is 29.2 Å². The molecular formula is C27H32N4O3. The van der Waals surface area contributed by atoms with Gasteiger partial charge in [-0.25, -0.2) is 0 Å². The van der Waals surface area contributed by atoms with Crippen molar-refractivity contribution in [3.8, 4) is 0 Å². The standard InChI is InChI=1S/C27H32N4O3/c1-27(12-5-13-30(18-27)16-19-6-3-2-4-7-19)28-15-20-8-9-22-21(14-20)17-31(26(22)34)23-10-11-24(32)29-25(23)33/h2-4,6-9,14,23,28H,5,10-13,15-18H2,1H3,(H,29,32,33). The van der Waals surface area contributed by atoms with Gasteiger partial charge in [0.05, 0.1) is 0 Å². The van der Waals surface area contributed by atoms with E-state index in [1.165, 1.54) is 5.56 Å². The summed E-state index contributed by atoms with van der Waals surface area (Å²) in [6.07, 6.45) is 2.95. The van der Waals surface area contributed by atoms with Gasteiger partial charge in [-0.2, -0.15) is 0 Å². The van der Waals surface area contributed by atoms with Gasteiger partial charge in [0, 0.05) is 43.7 Å². The number of nitrogens with zero attached hydrogens (tertiary/aromatic N) is 2. The lowest BCUT2D eigenvalue weighted by atomic mass is 9.90. The molecule has 0 saturated carbocycles. The molecule has 0 aliphatic carbocycles. The molecule has 0 aromatic heterocycles. The lowest BCUT2D eigenvalue weighted by molar-refractivity contribution is -0.136. The maximum atomic E-state index is 12.9. The number of nitrogens with one attached hydrogen (secondary N) is 2. The zero-order valence-electron chi connectivity index (χ0n) is 19.7. The van der Waals surface area contributed by atoms with Gasteiger partial charge in [0.1, 0.15) is 6.04 Å². The van der Waals surface area contributed by atoms with Gasteiger partial charge in [0.25, 0.3) is 5.91 Å². The number of imide groups is 1. The number of hydrogen-bond donors (Lipinski definition) is 2. The molecule has 3 aliphatic heterocycles. The molecule has 0 spiro atoms. The van der Waals surface area contributed by atoms with Crippen molar-refractivity contribution in [3.05, 3.63) is 70.8 Å². The number of carbonyl (C=O) groups excluding carboxylic acids is 3. The first-order valence-electron chi connectivity index (χ1n) is 12.2. The van der Waals surface area contributed by atoms with Crippen LogP contribution in [0.4, 0.5) is 0 Å². The quantitative estimate of drug-likeness (QED) is 0.648. The van der Waals surface area contributed by atoms with Gasteiger partial charge < -0.3 is 10.2 Å². The lowest BCUT2D eigenvalue weighted by Gasteiger charge is -2.41. The highest BCUT2D eigenvalue weighted by Gasteiger charge is 2.39. The van der Waals surface area contributed by atoms with E-state index in [2.05, 4.69) is 58.9 Å². The molecule has 2 N–H and O–H groups in total. The van der Waals surface area contributed by atoms with Crippen molar-refractivity contribution in [2.24, 2.45) is 0 Å². The summed E-state index contributed by atoms with van der Waals surface area (Å²) in [5.74, 6) is -0.762. The normalized spacial score (nSPS) is 25.4. The van der Waals surface area contributed by atoms with E-state index in [4.69, 9.17) is 0 Å². The van der Waals surface area contributed by atoms with Crippen LogP contribution in [0.2, 0.25) is 0 Å². The summed E-state index contributed by atoms with van der Waals surface area (Å²) in [5, 5.41) is 6.14. The first-order chi connectivity index (χ1) is 16.4. The third-order valence-electron chi connectivity index (χ3n) is 7.33. The van der Waals surface area contributed by atoms with E-state index >= 15 is 0 Å². The van der Waals surface area contributed by atoms with Gasteiger partial charge in [-0.3, -0.25) is 24.6 Å². The summed E-state index contributed by atoms with van der Waals surface area (Å²) in [6, 6.07) is 16.0. The molecule has 2 atom stereocenters. The molecule has 2 fully saturated rings. The Morgan fingerprint density at radius 3 is 2.71 bits per heavy atom. The summed E-state index contributed by atoms with van der Waals surface area (Å²) in [4.78, 5) is 40.8. The Bertz CT molecular complexity index is 1100. The predicted molar refractivity (Wildman–Crippen MR) is 129 cm³/mol. The molecule has 178 valence electrons. The molecule has 7 heteroatoms. The smallest absolute Gasteiger partial charge is 0.255 e. The Balaban J connectivity index is 1.21. The van der Waals surface area contributed by atoms with Crippen molar-refractivity contribution in [2.45, 2.75) is 63.8 Å². The molecule has 2 unspecified atom stereocenters. The van der Waals surface area contributed by atoms with Crippen LogP contribution in [-0.4, -0.2) is 52.2 Å². The van der Waals surface area contributed by atoms with Gasteiger partial charge in [-0.1, -0.05) is 42.5 Å². The fraction of sp³-hybridized carbons (Fsp3) is 0.444. The van der Waals surface area contributed by atoms with Crippen molar-refractivity contribution in [3.63, 3.8) is 0 Å². The third-order valence-corrected chi connectivity index (χ3v) is 7.33. The fourth-order valence-corrected chi connectivity index (χ4v) is 5.52. The van der Waals surface area contributed by atoms with Crippen molar-refractivity contribution in [1.82, 2.24) is 20.4 Å². The first-order valence-corrected chi connectivity index (χ1v) is 12.2. The van der Waals surface area contributed by atoms with Gasteiger partial charge in [-0.05, 0) is 55.5 Å². The van der Waals surface area contributed by atoms with Crippen LogP contribution < -0.4 is 10.6 Å². The van der Waals surface area contributed by atoms with Gasteiger partial charge >= 0.3 is 0 Å². The molecule has 7 nitrogen and oxygen atoms in total. The Kier molecular flexibility index (Phi) is 6.23. The molecule has 3 amide bonds. The predicted octanol–water partition coefficient (Wildman–Crippen LogP) is 2.59. The van der Waals surface area contributed by atoms with Gasteiger partial charge in [0.2, 0.25) is 11.8 Å². The maximum Gasteiger partial charge on any atom is 0.255 e. The molecule has 34 heavy (non-hydrogen) atoms. The molecule has 5 rings (SSSR count). The second-order valence-electron chi connectivity index (χ2n) is 10.1. The van der Waals surface area contributed by atoms with Crippen LogP contribution in [0.1, 0.15) is 59.7 Å². The summed E-state index contributed by atoms with van der Waals surface area (Å²) in [6.45, 7) is 6.52. The number of likely N-dealkylation sites (tertiary alicyclic amines) is 1. The molecule has 0 bridgehead atoms. The zero-order valence-corrected chi connectivity index (χ0v) is 19.7. The molecule has 3 heterocycles. The average molecular weight is 461 g/mol. The SMILES string of the molecule is CC1(NCc2ccc3c(c2)CN(C2CCC(=O)NC2=O)C3=O)CCCN(Cc2ccccc2)C1. The topological polar surface area (TPSA) is 81.8 Å². The highest BCUT2D eigenvalue weighted by atomic mass is 16.2. The highest BCUT2D eigenvalue weighted by molar-refractivity contribution is 6.05. The zero-order chi connectivity index (χ0) is 23.7. The van der Waals surface area contributed by atoms with Crippen LogP contribution in [0.3, 0.4) is 0 Å². The van der Waals surface area contributed by atoms with Crippen molar-refractivity contribution < 1.29 is 14.4 Å². The Morgan fingerprint density at radius 2 is 1.91 bits per heavy atom. The van der Waals surface area contributed by atoms with E-state index in [1.54, 1.807) is 4.90 Å². The second-order valence-corrected chi connectivity index (χ2v) is 10.1. The van der Waals surface area contributed by atoms with E-state index in [0.29, 0.717) is 18.5 Å². The minimum absolute atomic E-state index is 0.0284. The summed E-state index contributed by atoms with van der Waals surface area (Å²) >= 11 is 0. The Morgan fingerprint density at radius 1 is 1.09 bits per heavy atom. The number of amides is 3. The first kappa shape index (κ1) is 22.7. The van der Waals surface area contributed by atoms with Crippen LogP contribution >= 0.6 is 0 Å². The number of carbonyl (C=O) groups is 3. The van der Waals surface area contributed by atoms with E-state index in [1.807, 2.05) is 12.1 Å². The molecule has 2 aromatic rings. The fourth-order valence-electron chi connectivity index (χ4n) is 5.52. The third kappa shape index (κ3) is 4.76. The largest absolute Gasteiger partial charge is 0.322 e. The Hall–Kier alpha value is -3.03. The maximum absolute atomic E-state index is 12.9. The van der Waals surface area contributed by atoms with E-state index < -0.39 is 6.04 Å². The summed E-state index contributed by atoms with van der Waals surface area (Å²) < 4.78 is 0. The Labute approximate surface area is 200 Å². The van der Waals surface area contributed by atoms with E-state index in [-0.39, 0.29) is 29.7 Å². The average Bonchev–Trinajstić information content (AvgIpc) is 3.14. The van der Waals surface area contributed by atoms with Crippen LogP contribution in [0.5, 0.6) is 0 Å². The van der Waals surface area contributed by atoms with Gasteiger partial charge in [-0.15, -0.1) is 0 Å². The van der Waals surface area contributed by atoms with Crippen molar-refractivity contribution in [1.29, 1.82) is 0 Å². The van der Waals surface area contributed by atoms with E-state index in [0.717, 1.165) is 50.1 Å². The second kappa shape index (κ2) is 9.31. The summed E-state index contributed by atoms with van der Waals surface area (Å²) in [7, 11) is 0. The summed E-state index contributed by atoms with van der Waals surface area (Å²) in [5.41, 5.74) is 4.12. The number of rotatable bonds is 6. The van der Waals surface area contributed by atoms with E-state index in [9.17, 15) is 14.4 Å². The van der Waals surface area contributed by atoms with Crippen molar-refractivity contribution >= 4 is 17.7 Å². The minimum Gasteiger partial charge on any atom is -0.322 e. The highest BCUT2D eigenvalue weighted by Crippen LogP contribution is 2.29. The minimum atomic E-state index is -0.573. The molecule has 3 aliphatic rings. The van der Waals surface area contributed by atoms with Crippen molar-refractivity contribution in [2.75, 3.05) is 13.1 Å². The van der Waals surface area contributed by atoms with Crippen LogP contribution in [0.15, 0.2) is 48.5 Å². The monoisotopic (exact) mass is 460 g/mol. The number of piperidine rings is 2. The number of hydrogen-bond acceptors (Lipinski definition) is 5.